The lowest BCUT2D eigenvalue weighted by molar-refractivity contribution is 0.0342. The van der Waals surface area contributed by atoms with Gasteiger partial charge in [-0.05, 0) is 24.0 Å². The van der Waals surface area contributed by atoms with E-state index in [0.29, 0.717) is 6.04 Å². The number of benzene rings is 1. The van der Waals surface area contributed by atoms with Gasteiger partial charge in [0.05, 0.1) is 13.2 Å². The predicted octanol–water partition coefficient (Wildman–Crippen LogP) is 2.52. The average molecular weight is 456 g/mol. The second-order valence-corrected chi connectivity index (χ2v) is 6.41. The van der Waals surface area contributed by atoms with Gasteiger partial charge in [-0.1, -0.05) is 36.4 Å². The molecule has 1 aliphatic heterocycles. The van der Waals surface area contributed by atoms with E-state index < -0.39 is 0 Å². The molecule has 0 amide bonds. The quantitative estimate of drug-likeness (QED) is 0.310. The zero-order valence-electron chi connectivity index (χ0n) is 14.9. The smallest absolute Gasteiger partial charge is 0.191 e. The first-order valence-electron chi connectivity index (χ1n) is 8.83. The first kappa shape index (κ1) is 20.2. The topological polar surface area (TPSA) is 48.9 Å². The molecule has 0 saturated carbocycles. The van der Waals surface area contributed by atoms with Crippen LogP contribution >= 0.6 is 24.0 Å². The van der Waals surface area contributed by atoms with Gasteiger partial charge >= 0.3 is 0 Å². The standard InChI is InChI=1S/C19H28N4O.HI/c1-20-19(22-18-4-2-3-5-18)21-14-16-6-8-17(9-7-16)15-23-10-12-24-13-11-23;/h2-3,6-9,18H,4-5,10-15H2,1H3,(H2,20,21,22);1H. The lowest BCUT2D eigenvalue weighted by atomic mass is 10.1. The number of nitrogens with one attached hydrogen (secondary N) is 2. The number of hydrogen-bond donors (Lipinski definition) is 2. The molecule has 0 radical (unpaired) electrons. The fraction of sp³-hybridized carbons (Fsp3) is 0.526. The predicted molar refractivity (Wildman–Crippen MR) is 113 cm³/mol. The summed E-state index contributed by atoms with van der Waals surface area (Å²) in [6, 6.07) is 9.33. The highest BCUT2D eigenvalue weighted by Crippen LogP contribution is 2.10. The monoisotopic (exact) mass is 456 g/mol. The van der Waals surface area contributed by atoms with E-state index in [-0.39, 0.29) is 24.0 Å². The Labute approximate surface area is 167 Å². The van der Waals surface area contributed by atoms with Crippen molar-refractivity contribution in [2.24, 2.45) is 4.99 Å². The summed E-state index contributed by atoms with van der Waals surface area (Å²) >= 11 is 0. The number of guanidine groups is 1. The zero-order chi connectivity index (χ0) is 16.6. The Bertz CT molecular complexity index is 559. The molecule has 0 unspecified atom stereocenters. The third kappa shape index (κ3) is 6.60. The van der Waals surface area contributed by atoms with Crippen molar-refractivity contribution in [3.63, 3.8) is 0 Å². The average Bonchev–Trinajstić information content (AvgIpc) is 3.14. The lowest BCUT2D eigenvalue weighted by Crippen LogP contribution is -2.42. The van der Waals surface area contributed by atoms with Crippen molar-refractivity contribution in [1.29, 1.82) is 0 Å². The third-order valence-electron chi connectivity index (χ3n) is 4.57. The normalized spacial score (nSPS) is 18.8. The molecule has 25 heavy (non-hydrogen) atoms. The van der Waals surface area contributed by atoms with Gasteiger partial charge in [-0.3, -0.25) is 9.89 Å². The largest absolute Gasteiger partial charge is 0.379 e. The Morgan fingerprint density at radius 3 is 2.40 bits per heavy atom. The van der Waals surface area contributed by atoms with Gasteiger partial charge < -0.3 is 15.4 Å². The van der Waals surface area contributed by atoms with Gasteiger partial charge in [-0.15, -0.1) is 24.0 Å². The molecule has 1 heterocycles. The first-order valence-corrected chi connectivity index (χ1v) is 8.83. The summed E-state index contributed by atoms with van der Waals surface area (Å²) in [6.07, 6.45) is 6.60. The molecular formula is C19H29IN4O. The molecule has 1 aromatic rings. The molecule has 0 bridgehead atoms. The van der Waals surface area contributed by atoms with Crippen LogP contribution in [0.1, 0.15) is 24.0 Å². The molecule has 0 aromatic heterocycles. The van der Waals surface area contributed by atoms with E-state index >= 15 is 0 Å². The zero-order valence-corrected chi connectivity index (χ0v) is 17.2. The molecular weight excluding hydrogens is 427 g/mol. The third-order valence-corrected chi connectivity index (χ3v) is 4.57. The van der Waals surface area contributed by atoms with E-state index in [0.717, 1.165) is 58.2 Å². The molecule has 2 N–H and O–H groups in total. The van der Waals surface area contributed by atoms with E-state index in [9.17, 15) is 0 Å². The summed E-state index contributed by atoms with van der Waals surface area (Å²) in [5.41, 5.74) is 2.63. The van der Waals surface area contributed by atoms with E-state index in [1.165, 1.54) is 11.1 Å². The van der Waals surface area contributed by atoms with Gasteiger partial charge in [-0.25, -0.2) is 0 Å². The van der Waals surface area contributed by atoms with Crippen molar-refractivity contribution in [2.75, 3.05) is 33.4 Å². The Kier molecular flexibility index (Phi) is 8.71. The molecule has 1 fully saturated rings. The maximum absolute atomic E-state index is 5.40. The van der Waals surface area contributed by atoms with Gasteiger partial charge in [0.2, 0.25) is 0 Å². The summed E-state index contributed by atoms with van der Waals surface area (Å²) in [7, 11) is 1.82. The van der Waals surface area contributed by atoms with E-state index in [4.69, 9.17) is 4.74 Å². The molecule has 5 nitrogen and oxygen atoms in total. The molecule has 6 heteroatoms. The van der Waals surface area contributed by atoms with Crippen molar-refractivity contribution in [2.45, 2.75) is 32.0 Å². The summed E-state index contributed by atoms with van der Waals surface area (Å²) in [5.74, 6) is 0.876. The number of hydrogen-bond acceptors (Lipinski definition) is 3. The Morgan fingerprint density at radius 2 is 1.76 bits per heavy atom. The van der Waals surface area contributed by atoms with Gasteiger partial charge in [0.1, 0.15) is 0 Å². The minimum atomic E-state index is 0. The molecule has 1 aromatic carbocycles. The van der Waals surface area contributed by atoms with Crippen LogP contribution in [0.4, 0.5) is 0 Å². The van der Waals surface area contributed by atoms with Crippen LogP contribution in [0.5, 0.6) is 0 Å². The van der Waals surface area contributed by atoms with Crippen LogP contribution in [-0.4, -0.2) is 50.3 Å². The maximum atomic E-state index is 5.40. The Balaban J connectivity index is 0.00000225. The van der Waals surface area contributed by atoms with Crippen molar-refractivity contribution >= 4 is 29.9 Å². The van der Waals surface area contributed by atoms with E-state index in [1.807, 2.05) is 7.05 Å². The minimum absolute atomic E-state index is 0. The van der Waals surface area contributed by atoms with Crippen LogP contribution in [0.2, 0.25) is 0 Å². The second kappa shape index (κ2) is 10.8. The highest BCUT2D eigenvalue weighted by molar-refractivity contribution is 14.0. The van der Waals surface area contributed by atoms with Crippen LogP contribution in [0.15, 0.2) is 41.4 Å². The fourth-order valence-electron chi connectivity index (χ4n) is 3.09. The van der Waals surface area contributed by atoms with Crippen molar-refractivity contribution in [3.8, 4) is 0 Å². The van der Waals surface area contributed by atoms with Crippen molar-refractivity contribution in [1.82, 2.24) is 15.5 Å². The molecule has 0 atom stereocenters. The van der Waals surface area contributed by atoms with Gasteiger partial charge in [-0.2, -0.15) is 0 Å². The van der Waals surface area contributed by atoms with Crippen LogP contribution < -0.4 is 10.6 Å². The number of aliphatic imine (C=N–C) groups is 1. The number of halogens is 1. The highest BCUT2D eigenvalue weighted by atomic mass is 127. The summed E-state index contributed by atoms with van der Waals surface area (Å²) < 4.78 is 5.40. The van der Waals surface area contributed by atoms with Crippen LogP contribution in [0.3, 0.4) is 0 Å². The van der Waals surface area contributed by atoms with Gasteiger partial charge in [0, 0.05) is 39.3 Å². The number of rotatable bonds is 5. The molecule has 3 rings (SSSR count). The molecule has 1 saturated heterocycles. The van der Waals surface area contributed by atoms with E-state index in [2.05, 4.69) is 56.9 Å². The van der Waals surface area contributed by atoms with Gasteiger partial charge in [0.25, 0.3) is 0 Å². The summed E-state index contributed by atoms with van der Waals surface area (Å²) in [5, 5.41) is 6.86. The molecule has 1 aliphatic carbocycles. The number of ether oxygens (including phenoxy) is 1. The van der Waals surface area contributed by atoms with Crippen molar-refractivity contribution in [3.05, 3.63) is 47.5 Å². The molecule has 2 aliphatic rings. The summed E-state index contributed by atoms with van der Waals surface area (Å²) in [6.45, 7) is 5.56. The lowest BCUT2D eigenvalue weighted by Gasteiger charge is -2.26. The van der Waals surface area contributed by atoms with Crippen LogP contribution in [-0.2, 0) is 17.8 Å². The molecule has 0 spiro atoms. The highest BCUT2D eigenvalue weighted by Gasteiger charge is 2.12. The first-order chi connectivity index (χ1) is 11.8. The Hall–Kier alpha value is -1.12. The van der Waals surface area contributed by atoms with Crippen molar-refractivity contribution < 1.29 is 4.74 Å². The fourth-order valence-corrected chi connectivity index (χ4v) is 3.09. The minimum Gasteiger partial charge on any atom is -0.379 e. The second-order valence-electron chi connectivity index (χ2n) is 6.41. The molecule has 138 valence electrons. The van der Waals surface area contributed by atoms with Crippen LogP contribution in [0.25, 0.3) is 0 Å². The van der Waals surface area contributed by atoms with Gasteiger partial charge in [0.15, 0.2) is 5.96 Å². The SMILES string of the molecule is CN=C(NCc1ccc(CN2CCOCC2)cc1)NC1CC=CC1.I. The van der Waals surface area contributed by atoms with E-state index in [1.54, 1.807) is 0 Å². The maximum Gasteiger partial charge on any atom is 0.191 e. The number of nitrogens with zero attached hydrogens (tertiary/aromatic N) is 2. The number of morpholine rings is 1. The van der Waals surface area contributed by atoms with Crippen LogP contribution in [0, 0.1) is 0 Å². The summed E-state index contributed by atoms with van der Waals surface area (Å²) in [4.78, 5) is 6.75. The Morgan fingerprint density at radius 1 is 1.12 bits per heavy atom.